The second-order valence-corrected chi connectivity index (χ2v) is 6.39. The van der Waals surface area contributed by atoms with Crippen LogP contribution in [0, 0.1) is 18.5 Å². The molecule has 5 heteroatoms. The summed E-state index contributed by atoms with van der Waals surface area (Å²) in [6.45, 7) is 0.265. The summed E-state index contributed by atoms with van der Waals surface area (Å²) in [6, 6.07) is 13.1. The Labute approximate surface area is 144 Å². The van der Waals surface area contributed by atoms with Crippen LogP contribution in [0.4, 0.5) is 0 Å². The number of halogens is 2. The maximum absolute atomic E-state index is 11.1. The second kappa shape index (κ2) is 7.04. The summed E-state index contributed by atoms with van der Waals surface area (Å²) in [6.07, 6.45) is 0.788. The van der Waals surface area contributed by atoms with Gasteiger partial charge in [-0.15, -0.1) is 0 Å². The van der Waals surface area contributed by atoms with Crippen molar-refractivity contribution in [3.05, 3.63) is 60.2 Å². The predicted molar refractivity (Wildman–Crippen MR) is 92.8 cm³/mol. The fourth-order valence-corrected chi connectivity index (χ4v) is 3.77. The first kappa shape index (κ1) is 15.3. The Morgan fingerprint density at radius 1 is 1.25 bits per heavy atom. The van der Waals surface area contributed by atoms with Gasteiger partial charge in [-0.05, 0) is 63.4 Å². The normalized spacial score (nSPS) is 9.85. The fraction of sp³-hybridized carbons (Fsp3) is 0.0667. The van der Waals surface area contributed by atoms with E-state index < -0.39 is 0 Å². The van der Waals surface area contributed by atoms with Crippen molar-refractivity contribution in [1.82, 2.24) is 0 Å². The molecule has 0 aliphatic carbocycles. The Morgan fingerprint density at radius 2 is 2.00 bits per heavy atom. The van der Waals surface area contributed by atoms with Crippen LogP contribution in [0.2, 0.25) is 0 Å². The lowest BCUT2D eigenvalue weighted by molar-refractivity contribution is 0.111. The number of nitriles is 1. The predicted octanol–water partition coefficient (Wildman–Crippen LogP) is 4.16. The fourth-order valence-electron chi connectivity index (χ4n) is 1.73. The lowest BCUT2D eigenvalue weighted by atomic mass is 10.1. The molecule has 0 atom stereocenters. The van der Waals surface area contributed by atoms with Crippen LogP contribution in [-0.2, 0) is 6.61 Å². The van der Waals surface area contributed by atoms with E-state index in [-0.39, 0.29) is 6.61 Å². The number of carbonyl (C=O) groups excluding carboxylic acids is 1. The number of rotatable bonds is 4. The molecule has 2 rings (SSSR count). The van der Waals surface area contributed by atoms with Gasteiger partial charge in [0.25, 0.3) is 0 Å². The molecule has 100 valence electrons. The third kappa shape index (κ3) is 3.49. The highest BCUT2D eigenvalue weighted by atomic mass is 127. The molecule has 0 aromatic heterocycles. The average molecular weight is 489 g/mol. The van der Waals surface area contributed by atoms with Crippen LogP contribution >= 0.6 is 45.2 Å². The van der Waals surface area contributed by atoms with Gasteiger partial charge in [-0.2, -0.15) is 5.26 Å². The van der Waals surface area contributed by atoms with Crippen LogP contribution in [0.25, 0.3) is 0 Å². The number of ether oxygens (including phenoxy) is 1. The lowest BCUT2D eigenvalue weighted by Gasteiger charge is -2.12. The van der Waals surface area contributed by atoms with Gasteiger partial charge >= 0.3 is 0 Å². The Kier molecular flexibility index (Phi) is 5.37. The molecule has 0 bridgehead atoms. The number of aldehydes is 1. The molecule has 0 heterocycles. The van der Waals surface area contributed by atoms with Gasteiger partial charge in [-0.3, -0.25) is 4.79 Å². The Bertz CT molecular complexity index is 693. The summed E-state index contributed by atoms with van der Waals surface area (Å²) in [7, 11) is 0. The van der Waals surface area contributed by atoms with Crippen molar-refractivity contribution in [2.45, 2.75) is 6.61 Å². The molecule has 2 aromatic rings. The molecule has 0 fully saturated rings. The highest BCUT2D eigenvalue weighted by Gasteiger charge is 2.11. The molecule has 0 N–H and O–H groups in total. The van der Waals surface area contributed by atoms with Crippen LogP contribution in [0.5, 0.6) is 5.75 Å². The van der Waals surface area contributed by atoms with Crippen molar-refractivity contribution in [2.24, 2.45) is 0 Å². The molecule has 0 radical (unpaired) electrons. The lowest BCUT2D eigenvalue weighted by Crippen LogP contribution is -2.02. The summed E-state index contributed by atoms with van der Waals surface area (Å²) in [4.78, 5) is 11.1. The Balaban J connectivity index is 2.28. The molecule has 0 unspecified atom stereocenters. The standard InChI is InChI=1S/C15H9I2NO2/c16-13-5-12(8-19)15(14(17)6-13)20-9-11-4-2-1-3-10(11)7-18/h1-6,8H,9H2. The Morgan fingerprint density at radius 3 is 2.70 bits per heavy atom. The van der Waals surface area contributed by atoms with Crippen LogP contribution < -0.4 is 4.74 Å². The summed E-state index contributed by atoms with van der Waals surface area (Å²) < 4.78 is 7.61. The third-order valence-corrected chi connectivity index (χ3v) is 4.10. The van der Waals surface area contributed by atoms with Gasteiger partial charge < -0.3 is 4.74 Å². The molecule has 3 nitrogen and oxygen atoms in total. The van der Waals surface area contributed by atoms with Crippen molar-refractivity contribution in [3.63, 3.8) is 0 Å². The molecule has 0 amide bonds. The molecular weight excluding hydrogens is 480 g/mol. The van der Waals surface area contributed by atoms with E-state index in [0.717, 1.165) is 19.0 Å². The smallest absolute Gasteiger partial charge is 0.153 e. The minimum Gasteiger partial charge on any atom is -0.487 e. The minimum absolute atomic E-state index is 0.265. The quantitative estimate of drug-likeness (QED) is 0.479. The summed E-state index contributed by atoms with van der Waals surface area (Å²) in [5, 5.41) is 9.04. The van der Waals surface area contributed by atoms with Gasteiger partial charge in [0, 0.05) is 9.13 Å². The van der Waals surface area contributed by atoms with Crippen LogP contribution in [0.3, 0.4) is 0 Å². The minimum atomic E-state index is 0.265. The first-order valence-corrected chi connectivity index (χ1v) is 7.86. The molecule has 20 heavy (non-hydrogen) atoms. The maximum Gasteiger partial charge on any atom is 0.153 e. The van der Waals surface area contributed by atoms with Crippen LogP contribution in [-0.4, -0.2) is 6.29 Å². The molecule has 0 aliphatic rings. The van der Waals surface area contributed by atoms with Crippen molar-refractivity contribution >= 4 is 51.5 Å². The van der Waals surface area contributed by atoms with Gasteiger partial charge in [0.05, 0.1) is 20.8 Å². The molecule has 0 spiro atoms. The zero-order chi connectivity index (χ0) is 14.5. The summed E-state index contributed by atoms with van der Waals surface area (Å²) in [5.41, 5.74) is 1.91. The van der Waals surface area contributed by atoms with Gasteiger partial charge in [0.1, 0.15) is 12.4 Å². The first-order chi connectivity index (χ1) is 9.65. The van der Waals surface area contributed by atoms with Gasteiger partial charge in [0.15, 0.2) is 6.29 Å². The molecule has 0 saturated heterocycles. The van der Waals surface area contributed by atoms with Crippen LogP contribution in [0.1, 0.15) is 21.5 Å². The molecule has 0 saturated carbocycles. The van der Waals surface area contributed by atoms with E-state index in [1.54, 1.807) is 12.1 Å². The largest absolute Gasteiger partial charge is 0.487 e. The SMILES string of the molecule is N#Cc1ccccc1COc1c(I)cc(I)cc1C=O. The molecule has 0 aliphatic heterocycles. The summed E-state index contributed by atoms with van der Waals surface area (Å²) in [5.74, 6) is 0.564. The number of carbonyl (C=O) groups is 1. The third-order valence-electron chi connectivity index (χ3n) is 2.67. The Hall–Kier alpha value is -1.14. The maximum atomic E-state index is 11.1. The zero-order valence-corrected chi connectivity index (χ0v) is 14.6. The van der Waals surface area contributed by atoms with Crippen molar-refractivity contribution in [1.29, 1.82) is 5.26 Å². The van der Waals surface area contributed by atoms with Crippen LogP contribution in [0.15, 0.2) is 36.4 Å². The van der Waals surface area contributed by atoms with Gasteiger partial charge in [-0.1, -0.05) is 18.2 Å². The summed E-state index contributed by atoms with van der Waals surface area (Å²) >= 11 is 4.30. The number of nitrogens with zero attached hydrogens (tertiary/aromatic N) is 1. The van der Waals surface area contributed by atoms with Gasteiger partial charge in [-0.25, -0.2) is 0 Å². The number of benzene rings is 2. The van der Waals surface area contributed by atoms with Crippen molar-refractivity contribution < 1.29 is 9.53 Å². The number of hydrogen-bond acceptors (Lipinski definition) is 3. The van der Waals surface area contributed by atoms with E-state index in [4.69, 9.17) is 10.00 Å². The van der Waals surface area contributed by atoms with Crippen molar-refractivity contribution in [2.75, 3.05) is 0 Å². The highest BCUT2D eigenvalue weighted by Crippen LogP contribution is 2.28. The van der Waals surface area contributed by atoms with E-state index in [1.165, 1.54) is 0 Å². The van der Waals surface area contributed by atoms with Gasteiger partial charge in [0.2, 0.25) is 0 Å². The van der Waals surface area contributed by atoms with E-state index in [0.29, 0.717) is 16.9 Å². The topological polar surface area (TPSA) is 50.1 Å². The van der Waals surface area contributed by atoms with E-state index in [1.807, 2.05) is 24.3 Å². The zero-order valence-electron chi connectivity index (χ0n) is 10.3. The van der Waals surface area contributed by atoms with E-state index >= 15 is 0 Å². The van der Waals surface area contributed by atoms with E-state index in [2.05, 4.69) is 51.3 Å². The monoisotopic (exact) mass is 489 g/mol. The molecular formula is C15H9I2NO2. The molecule has 2 aromatic carbocycles. The first-order valence-electron chi connectivity index (χ1n) is 5.70. The second-order valence-electron chi connectivity index (χ2n) is 3.98. The highest BCUT2D eigenvalue weighted by molar-refractivity contribution is 14.1. The number of hydrogen-bond donors (Lipinski definition) is 0. The van der Waals surface area contributed by atoms with E-state index in [9.17, 15) is 4.79 Å². The average Bonchev–Trinajstić information content (AvgIpc) is 2.45. The van der Waals surface area contributed by atoms with Crippen molar-refractivity contribution in [3.8, 4) is 11.8 Å².